The second-order valence-corrected chi connectivity index (χ2v) is 28.6. The third-order valence-electron chi connectivity index (χ3n) is 23.3. The van der Waals surface area contributed by atoms with Crippen molar-refractivity contribution in [3.05, 3.63) is 76.6 Å². The molecule has 1 amide bonds. The average Bonchev–Trinajstić information content (AvgIpc) is 4.20. The number of unbranched alkanes of at least 4 members (excludes halogenated alkanes) is 1. The monoisotopic (exact) mass is 1140 g/mol. The van der Waals surface area contributed by atoms with E-state index in [4.69, 9.17) is 9.57 Å². The van der Waals surface area contributed by atoms with Crippen molar-refractivity contribution in [2.45, 2.75) is 235 Å². The summed E-state index contributed by atoms with van der Waals surface area (Å²) >= 11 is 3.37. The Morgan fingerprint density at radius 2 is 1.03 bits per heavy atom. The molecular weight excluding hydrogens is 1030 g/mol. The molecule has 2 N–H and O–H groups in total. The maximum atomic E-state index is 13.6. The van der Waals surface area contributed by atoms with E-state index < -0.39 is 11.2 Å². The molecule has 0 bridgehead atoms. The number of fused-ring (bicyclic) bond motifs is 10. The number of hydrogen-bond acceptors (Lipinski definition) is 6. The van der Waals surface area contributed by atoms with Gasteiger partial charge in [0.15, 0.2) is 5.78 Å². The number of Topliss-reactive ketones (excluding diaryl/α,β-unsaturated/α-hetero) is 1. The van der Waals surface area contributed by atoms with E-state index in [1.165, 1.54) is 113 Å². The smallest absolute Gasteiger partial charge is 0.390 e. The second kappa shape index (κ2) is 28.4. The first-order valence-corrected chi connectivity index (χ1v) is 31.8. The van der Waals surface area contributed by atoms with Gasteiger partial charge in [0.05, 0.1) is 18.3 Å². The van der Waals surface area contributed by atoms with Crippen molar-refractivity contribution in [1.29, 1.82) is 0 Å². The summed E-state index contributed by atoms with van der Waals surface area (Å²) in [6, 6.07) is 16.8. The van der Waals surface area contributed by atoms with Crippen molar-refractivity contribution < 1.29 is 48.2 Å². The molecule has 0 aromatic heterocycles. The van der Waals surface area contributed by atoms with E-state index in [-0.39, 0.29) is 54.9 Å². The van der Waals surface area contributed by atoms with Gasteiger partial charge in [-0.1, -0.05) is 115 Å². The fourth-order valence-electron chi connectivity index (χ4n) is 18.3. The largest absolute Gasteiger partial charge is 1.00 e. The molecule has 0 unspecified atom stereocenters. The van der Waals surface area contributed by atoms with Crippen LogP contribution in [0, 0.1) is 87.8 Å². The van der Waals surface area contributed by atoms with Gasteiger partial charge >= 0.3 is 18.9 Å². The summed E-state index contributed by atoms with van der Waals surface area (Å²) in [6.45, 7) is 26.1. The van der Waals surface area contributed by atoms with Gasteiger partial charge in [-0.05, 0) is 247 Å². The van der Waals surface area contributed by atoms with Crippen LogP contribution < -0.4 is 18.9 Å². The normalized spacial score (nSPS) is 39.5. The second-order valence-electron chi connectivity index (χ2n) is 27.7. The number of amides is 1. The van der Waals surface area contributed by atoms with Crippen molar-refractivity contribution in [3.8, 4) is 0 Å². The number of ether oxygens (including phenoxy) is 1. The molecule has 8 aliphatic carbocycles. The van der Waals surface area contributed by atoms with Crippen molar-refractivity contribution in [3.63, 3.8) is 0 Å². The topological polar surface area (TPSA) is 96.3 Å². The number of benzene rings is 2. The number of carbonyl (C=O) groups is 2. The summed E-state index contributed by atoms with van der Waals surface area (Å²) in [6.07, 6.45) is 27.8. The fourth-order valence-corrected chi connectivity index (χ4v) is 18.6. The predicted molar refractivity (Wildman–Crippen MR) is 322 cm³/mol. The first-order valence-electron chi connectivity index (χ1n) is 31.1. The Balaban J connectivity index is 0.000000215. The molecule has 1 heterocycles. The fraction of sp³-hybridized carbons (Fsp3) is 0.783. The molecule has 0 spiro atoms. The SMILES string of the molecule is C.C1CCOC1.CCc1ccc(Br)cc1.CCc1ccc(C(=O)[C@H]2CC[C@H]3[C@@H]4CC[C@@H]5C[C@](C)(O)CC[C@]5(C)[C@H]4CC[C@]23C)cc1.CON(C)C(=O)[C@H]1CC[C@H]2[C@@H]3CC[C@@H]4C[C@](C)(O)CC[C@]4(C)[C@H]3CC[C@]12C.[CH2-]CCC.[Li+]. The number of rotatable bonds is 7. The van der Waals surface area contributed by atoms with Crippen LogP contribution in [0.4, 0.5) is 0 Å². The molecule has 2 aromatic rings. The minimum Gasteiger partial charge on any atom is -0.390 e. The summed E-state index contributed by atoms with van der Waals surface area (Å²) in [5, 5.41) is 22.8. The minimum atomic E-state index is -0.462. The molecule has 8 saturated carbocycles. The number of nitrogens with zero attached hydrogens (tertiary/aromatic N) is 1. The third kappa shape index (κ3) is 14.5. The summed E-state index contributed by atoms with van der Waals surface area (Å²) in [5.74, 6) is 6.73. The summed E-state index contributed by atoms with van der Waals surface area (Å²) in [7, 11) is 3.34. The van der Waals surface area contributed by atoms with E-state index in [9.17, 15) is 19.8 Å². The van der Waals surface area contributed by atoms with E-state index in [1.807, 2.05) is 6.92 Å². The van der Waals surface area contributed by atoms with Crippen molar-refractivity contribution >= 4 is 27.6 Å². The Hall–Kier alpha value is -1.50. The zero-order valence-electron chi connectivity index (χ0n) is 50.8. The van der Waals surface area contributed by atoms with Crippen molar-refractivity contribution in [2.24, 2.45) is 80.8 Å². The Kier molecular flexibility index (Phi) is 24.5. The number of halogens is 1. The quantitative estimate of drug-likeness (QED) is 0.124. The van der Waals surface area contributed by atoms with Gasteiger partial charge in [0, 0.05) is 42.1 Å². The first-order chi connectivity index (χ1) is 36.0. The Labute approximate surface area is 497 Å². The summed E-state index contributed by atoms with van der Waals surface area (Å²) in [4.78, 5) is 31.8. The van der Waals surface area contributed by atoms with Crippen molar-refractivity contribution in [2.75, 3.05) is 27.4 Å². The molecule has 9 aliphatic rings. The van der Waals surface area contributed by atoms with Crippen LogP contribution in [-0.2, 0) is 27.2 Å². The molecule has 436 valence electrons. The summed E-state index contributed by atoms with van der Waals surface area (Å²) in [5.41, 5.74) is 3.79. The summed E-state index contributed by atoms with van der Waals surface area (Å²) < 4.78 is 6.10. The minimum absolute atomic E-state index is 0. The molecule has 2 aromatic carbocycles. The van der Waals surface area contributed by atoms with Gasteiger partial charge in [0.25, 0.3) is 0 Å². The standard InChI is InChI=1S/C29H42O2.C23H39NO3.C8H9Br.C4H8O.C4H9.CH4.Li/c1-5-19-6-8-20(9-7-19)26(30)25-13-12-23-22-11-10-21-18-27(2,31)16-17-28(21,3)24(22)14-15-29(23,25)4;1-21(26)12-13-22(2)15(14-21)6-7-16-17-8-9-19(20(25)24(4)27-5)23(17,3)11-10-18(16)22;1-2-7-3-5-8(9)6-4-7;1-2-4-5-3-1;1-3-4-2;;/h6-9,21-25,31H,5,10-18H2,1-4H3;15-19,26H,6-14H2,1-5H3;3-6H,2H2,1H3;1-4H2;1,3-4H2,2H3;1H4;/q;;;;-1;;+1/t21-,22+,23+,24+,25-,27-,28+,29+;15-,16+,17+,18+,19-,21-,22+,23+;;;;;/m11...../s1. The molecule has 1 saturated heterocycles. The molecule has 1 aliphatic heterocycles. The van der Waals surface area contributed by atoms with Crippen LogP contribution in [-0.4, -0.2) is 65.5 Å². The van der Waals surface area contributed by atoms with E-state index >= 15 is 0 Å². The number of hydroxylamine groups is 2. The molecule has 0 radical (unpaired) electrons. The molecule has 16 atom stereocenters. The van der Waals surface area contributed by atoms with Crippen LogP contribution in [0.5, 0.6) is 0 Å². The molecule has 11 rings (SSSR count). The van der Waals surface area contributed by atoms with Crippen LogP contribution in [0.1, 0.15) is 232 Å². The molecule has 7 nitrogen and oxygen atoms in total. The Bertz CT molecular complexity index is 2170. The van der Waals surface area contributed by atoms with Crippen LogP contribution in [0.25, 0.3) is 0 Å². The Morgan fingerprint density at radius 3 is 1.42 bits per heavy atom. The van der Waals surface area contributed by atoms with E-state index in [2.05, 4.69) is 127 Å². The maximum Gasteiger partial charge on any atom is 1.00 e. The number of aryl methyl sites for hydroxylation is 2. The molecule has 9 heteroatoms. The Morgan fingerprint density at radius 1 is 0.615 bits per heavy atom. The van der Waals surface area contributed by atoms with Crippen LogP contribution in [0.2, 0.25) is 0 Å². The molecule has 9 fully saturated rings. The van der Waals surface area contributed by atoms with E-state index in [0.717, 1.165) is 105 Å². The maximum absolute atomic E-state index is 13.6. The van der Waals surface area contributed by atoms with Gasteiger partial charge in [-0.2, -0.15) is 6.42 Å². The zero-order chi connectivity index (χ0) is 55.3. The van der Waals surface area contributed by atoms with Crippen LogP contribution in [0.3, 0.4) is 0 Å². The van der Waals surface area contributed by atoms with E-state index in [1.54, 1.807) is 14.2 Å². The third-order valence-corrected chi connectivity index (χ3v) is 23.8. The predicted octanol–water partition coefficient (Wildman–Crippen LogP) is 14.3. The van der Waals surface area contributed by atoms with Crippen LogP contribution in [0.15, 0.2) is 53.0 Å². The van der Waals surface area contributed by atoms with Gasteiger partial charge in [-0.15, -0.1) is 0 Å². The first kappa shape index (κ1) is 67.3. The van der Waals surface area contributed by atoms with Gasteiger partial charge in [0.1, 0.15) is 0 Å². The zero-order valence-corrected chi connectivity index (χ0v) is 52.4. The van der Waals surface area contributed by atoms with Gasteiger partial charge < -0.3 is 21.9 Å². The van der Waals surface area contributed by atoms with Crippen molar-refractivity contribution in [1.82, 2.24) is 5.06 Å². The molecule has 78 heavy (non-hydrogen) atoms. The molecular formula is C69H111BrLiNO6. The van der Waals surface area contributed by atoms with Gasteiger partial charge in [-0.25, -0.2) is 5.06 Å². The number of carbonyl (C=O) groups excluding carboxylic acids is 2. The van der Waals surface area contributed by atoms with Gasteiger partial charge in [0.2, 0.25) is 5.91 Å². The van der Waals surface area contributed by atoms with Crippen LogP contribution >= 0.6 is 15.9 Å². The number of aliphatic hydroxyl groups is 2. The van der Waals surface area contributed by atoms with Gasteiger partial charge in [-0.3, -0.25) is 14.4 Å². The number of ketones is 1. The number of hydrogen-bond donors (Lipinski definition) is 2. The average molecular weight is 1140 g/mol. The van der Waals surface area contributed by atoms with E-state index in [0.29, 0.717) is 40.3 Å².